The van der Waals surface area contributed by atoms with Crippen molar-refractivity contribution >= 4 is 59.0 Å². The molecule has 0 saturated carbocycles. The molecule has 3 heterocycles. The van der Waals surface area contributed by atoms with Crippen LogP contribution in [0.25, 0.3) is 0 Å². The molecule has 3 rings (SSSR count). The quantitative estimate of drug-likeness (QED) is 0.0957. The van der Waals surface area contributed by atoms with Gasteiger partial charge in [-0.2, -0.15) is 11.8 Å². The molecule has 0 aliphatic carbocycles. The molecule has 0 aromatic carbocycles. The minimum Gasteiger partial charge on any atom is -0.548 e. The van der Waals surface area contributed by atoms with Gasteiger partial charge in [0.05, 0.1) is 29.4 Å². The standard InChI is InChI=1S/C16H21N7O7S3.Na.7H2O/c1-22-15(19-20-21-22)33-4-7-3-32-14-16(30-2,13(29)23(14)10(7)12(27)28)18-9(24)6-31-5-8(17)11(25)26;;;;;;;;/h8,14H,3-6,17H2,1-2H3,(H,18,24)(H,25,26)(H,27,28);;7*1H2/q;+1;;;;;;;/p-1/t8-,14-,16+;;;;;;;;/m1......../s1. The zero-order valence-corrected chi connectivity index (χ0v) is 26.3. The van der Waals surface area contributed by atoms with E-state index in [4.69, 9.17) is 10.5 Å². The number of thioether (sulfide) groups is 3. The van der Waals surface area contributed by atoms with Crippen molar-refractivity contribution in [2.24, 2.45) is 12.8 Å². The molecular weight excluding hydrogens is 633 g/mol. The van der Waals surface area contributed by atoms with Crippen molar-refractivity contribution in [1.82, 2.24) is 30.4 Å². The molecule has 1 saturated heterocycles. The number of methoxy groups -OCH3 is 1. The summed E-state index contributed by atoms with van der Waals surface area (Å²) in [7, 11) is 2.87. The van der Waals surface area contributed by atoms with Gasteiger partial charge in [0.25, 0.3) is 11.6 Å². The van der Waals surface area contributed by atoms with E-state index in [1.807, 2.05) is 0 Å². The molecule has 17 N–H and O–H groups in total. The number of ether oxygens (including phenoxy) is 1. The third-order valence-corrected chi connectivity index (χ3v) is 8.27. The molecular formula is C16H34N7NaO14S3. The number of hydrogen-bond donors (Lipinski definition) is 2. The maximum atomic E-state index is 13.0. The number of rotatable bonds is 11. The summed E-state index contributed by atoms with van der Waals surface area (Å²) in [5, 5.41) is 35.7. The second kappa shape index (κ2) is 22.0. The Hall–Kier alpha value is -1.62. The van der Waals surface area contributed by atoms with Gasteiger partial charge >= 0.3 is 31.0 Å². The maximum absolute atomic E-state index is 13.0. The Morgan fingerprint density at radius 3 is 2.27 bits per heavy atom. The third-order valence-electron chi connectivity index (χ3n) is 4.74. The zero-order chi connectivity index (χ0) is 24.3. The van der Waals surface area contributed by atoms with Crippen LogP contribution in [-0.4, -0.2) is 134 Å². The van der Waals surface area contributed by atoms with E-state index >= 15 is 0 Å². The van der Waals surface area contributed by atoms with E-state index in [1.54, 1.807) is 7.05 Å². The average molecular weight is 668 g/mol. The van der Waals surface area contributed by atoms with Gasteiger partial charge in [-0.05, 0) is 16.0 Å². The Morgan fingerprint density at radius 2 is 1.80 bits per heavy atom. The summed E-state index contributed by atoms with van der Waals surface area (Å²) in [5.41, 5.74) is 3.75. The second-order valence-electron chi connectivity index (χ2n) is 6.88. The molecule has 0 radical (unpaired) electrons. The average Bonchev–Trinajstić information content (AvgIpc) is 3.19. The predicted molar refractivity (Wildman–Crippen MR) is 139 cm³/mol. The molecule has 1 fully saturated rings. The predicted octanol–water partition coefficient (Wildman–Crippen LogP) is -13.2. The van der Waals surface area contributed by atoms with Crippen molar-refractivity contribution in [3.8, 4) is 0 Å². The number of carbonyl (C=O) groups is 4. The number of aromatic nitrogens is 4. The number of hydrogen-bond acceptors (Lipinski definition) is 14. The molecule has 0 bridgehead atoms. The number of fused-ring (bicyclic) bond motifs is 1. The van der Waals surface area contributed by atoms with E-state index in [-0.39, 0.29) is 98.0 Å². The van der Waals surface area contributed by atoms with Crippen LogP contribution < -0.4 is 50.8 Å². The van der Waals surface area contributed by atoms with Crippen molar-refractivity contribution in [2.75, 3.05) is 30.1 Å². The number of tetrazole rings is 1. The fraction of sp³-hybridized carbons (Fsp3) is 0.562. The SMILES string of the molecule is CO[C@@]1(NC(=O)CSC[C@@H](N)C(=O)[O-])C(=O)N2C(C(=O)[O-])=C(CSc3nnnn3C)CS[C@@H]21.O.O.O.O.O.O.O.[H+].[Na+]. The number of nitrogens with zero attached hydrogens (tertiary/aromatic N) is 5. The fourth-order valence-electron chi connectivity index (χ4n) is 3.13. The van der Waals surface area contributed by atoms with Crippen molar-refractivity contribution in [2.45, 2.75) is 22.3 Å². The van der Waals surface area contributed by atoms with E-state index in [9.17, 15) is 29.4 Å². The van der Waals surface area contributed by atoms with Gasteiger partial charge < -0.3 is 73.9 Å². The number of aryl methyl sites for hydroxylation is 1. The molecule has 236 valence electrons. The van der Waals surface area contributed by atoms with E-state index in [0.717, 1.165) is 16.7 Å². The van der Waals surface area contributed by atoms with Crippen LogP contribution in [0.1, 0.15) is 1.43 Å². The summed E-state index contributed by atoms with van der Waals surface area (Å²) in [4.78, 5) is 48.9. The fourth-order valence-corrected chi connectivity index (χ4v) is 6.32. The van der Waals surface area contributed by atoms with Gasteiger partial charge in [0.1, 0.15) is 5.37 Å². The molecule has 25 heteroatoms. The zero-order valence-electron chi connectivity index (χ0n) is 22.9. The number of carboxylic acid groups (broad SMARTS) is 2. The van der Waals surface area contributed by atoms with E-state index in [2.05, 4.69) is 20.8 Å². The number of nitrogens with one attached hydrogen (secondary N) is 1. The van der Waals surface area contributed by atoms with Crippen LogP contribution in [0.15, 0.2) is 16.4 Å². The summed E-state index contributed by atoms with van der Waals surface area (Å²) in [6, 6.07) is -1.24. The second-order valence-corrected chi connectivity index (χ2v) is 9.92. The van der Waals surface area contributed by atoms with Crippen LogP contribution in [0.4, 0.5) is 0 Å². The third kappa shape index (κ3) is 10.9. The van der Waals surface area contributed by atoms with Gasteiger partial charge in [-0.3, -0.25) is 14.5 Å². The van der Waals surface area contributed by atoms with Crippen LogP contribution in [0, 0.1) is 0 Å². The van der Waals surface area contributed by atoms with E-state index < -0.39 is 40.9 Å². The molecule has 2 aliphatic rings. The van der Waals surface area contributed by atoms with Gasteiger partial charge in [0, 0.05) is 31.4 Å². The first kappa shape index (κ1) is 52.1. The molecule has 2 aliphatic heterocycles. The Kier molecular flexibility index (Phi) is 27.9. The summed E-state index contributed by atoms with van der Waals surface area (Å²) in [6.45, 7) is 0. The molecule has 1 aromatic heterocycles. The first-order valence-electron chi connectivity index (χ1n) is 9.26. The van der Waals surface area contributed by atoms with E-state index in [1.165, 1.54) is 35.3 Å². The normalized spacial score (nSPS) is 18.6. The van der Waals surface area contributed by atoms with Crippen LogP contribution in [0.3, 0.4) is 0 Å². The van der Waals surface area contributed by atoms with Crippen molar-refractivity contribution in [1.29, 1.82) is 0 Å². The molecule has 3 atom stereocenters. The van der Waals surface area contributed by atoms with Crippen LogP contribution in [0.5, 0.6) is 0 Å². The number of carbonyl (C=O) groups excluding carboxylic acids is 4. The molecule has 0 spiro atoms. The summed E-state index contributed by atoms with van der Waals surface area (Å²) in [5.74, 6) is -4.12. The Labute approximate surface area is 268 Å². The van der Waals surface area contributed by atoms with Crippen LogP contribution in [0.2, 0.25) is 0 Å². The maximum Gasteiger partial charge on any atom is 1.00 e. The number of nitrogens with two attached hydrogens (primary N) is 1. The molecule has 1 aromatic rings. The summed E-state index contributed by atoms with van der Waals surface area (Å²) < 4.78 is 6.77. The minimum absolute atomic E-state index is 0. The molecule has 21 nitrogen and oxygen atoms in total. The van der Waals surface area contributed by atoms with Gasteiger partial charge in [-0.1, -0.05) is 11.8 Å². The van der Waals surface area contributed by atoms with Crippen LogP contribution >= 0.6 is 35.3 Å². The van der Waals surface area contributed by atoms with Gasteiger partial charge in [0.15, 0.2) is 0 Å². The van der Waals surface area contributed by atoms with Gasteiger partial charge in [0.2, 0.25) is 11.1 Å². The van der Waals surface area contributed by atoms with Crippen molar-refractivity contribution in [3.63, 3.8) is 0 Å². The number of carboxylic acids is 2. The summed E-state index contributed by atoms with van der Waals surface area (Å²) >= 11 is 3.38. The number of aliphatic carboxylic acids is 2. The van der Waals surface area contributed by atoms with Gasteiger partial charge in [-0.25, -0.2) is 4.68 Å². The summed E-state index contributed by atoms with van der Waals surface area (Å²) in [6.07, 6.45) is 0. The smallest absolute Gasteiger partial charge is 0.548 e. The van der Waals surface area contributed by atoms with Crippen molar-refractivity contribution < 1.29 is 103 Å². The van der Waals surface area contributed by atoms with Crippen LogP contribution in [-0.2, 0) is 31.0 Å². The first-order valence-corrected chi connectivity index (χ1v) is 12.5. The topological polar surface area (TPSA) is 429 Å². The van der Waals surface area contributed by atoms with Crippen molar-refractivity contribution in [3.05, 3.63) is 11.3 Å². The Bertz CT molecular complexity index is 1030. The first-order chi connectivity index (χ1) is 15.6. The molecule has 0 unspecified atom stereocenters. The molecule has 2 amide bonds. The van der Waals surface area contributed by atoms with Gasteiger partial charge in [-0.15, -0.1) is 16.9 Å². The minimum atomic E-state index is -1.76. The largest absolute Gasteiger partial charge is 1.00 e. The van der Waals surface area contributed by atoms with E-state index in [0.29, 0.717) is 10.7 Å². The number of β-lactam (4-membered cyclic amide) rings is 1. The monoisotopic (exact) mass is 667 g/mol. The Morgan fingerprint density at radius 1 is 1.22 bits per heavy atom. The number of amides is 2. The molecule has 41 heavy (non-hydrogen) atoms. The Balaban J connectivity index is -0.000000272.